The maximum atomic E-state index is 9.15. The van der Waals surface area contributed by atoms with Gasteiger partial charge in [0.2, 0.25) is 0 Å². The fraction of sp³-hybridized carbons (Fsp3) is 0.333. The van der Waals surface area contributed by atoms with Gasteiger partial charge in [-0.15, -0.1) is 5.73 Å². The van der Waals surface area contributed by atoms with Crippen LogP contribution in [-0.4, -0.2) is 7.11 Å². The third kappa shape index (κ3) is 1.95. The Balaban J connectivity index is 2.83. The summed E-state index contributed by atoms with van der Waals surface area (Å²) in [6, 6.07) is 6.97. The predicted molar refractivity (Wildman–Crippen MR) is 43.5 cm³/mol. The van der Waals surface area contributed by atoms with Crippen LogP contribution >= 0.6 is 0 Å². The Morgan fingerprint density at radius 3 is 2.18 bits per heavy atom. The van der Waals surface area contributed by atoms with Gasteiger partial charge in [0.25, 0.3) is 0 Å². The maximum absolute atomic E-state index is 9.15. The van der Waals surface area contributed by atoms with Crippen molar-refractivity contribution in [2.24, 2.45) is 0 Å². The smallest absolute Gasteiger partial charge is 0.118 e. The maximum Gasteiger partial charge on any atom is 0.118 e. The molecule has 1 rings (SSSR count). The summed E-state index contributed by atoms with van der Waals surface area (Å²) < 4.78 is 4.97. The summed E-state index contributed by atoms with van der Waals surface area (Å²) in [6.45, 7) is 1.74. The predicted octanol–water partition coefficient (Wildman–Crippen LogP) is 1.82. The van der Waals surface area contributed by atoms with E-state index in [4.69, 9.17) is 10.5 Å². The second kappa shape index (κ2) is 3.39. The van der Waals surface area contributed by atoms with Crippen LogP contribution in [0.25, 0.3) is 0 Å². The molecule has 0 spiro atoms. The number of hydrogen-bond acceptors (Lipinski definition) is 1. The molecule has 0 aliphatic rings. The Bertz CT molecular complexity index is 216. The van der Waals surface area contributed by atoms with Crippen LogP contribution in [0.2, 0.25) is 0 Å². The van der Waals surface area contributed by atoms with Crippen molar-refractivity contribution in [3.63, 3.8) is 0 Å². The van der Waals surface area contributed by atoms with Crippen molar-refractivity contribution in [2.45, 2.75) is 13.0 Å². The number of nitrogens with zero attached hydrogens (tertiary/aromatic N) is 1. The minimum atomic E-state index is -0.402. The van der Waals surface area contributed by atoms with Crippen molar-refractivity contribution in [2.75, 3.05) is 7.11 Å². The number of methoxy groups -OCH3 is 1. The van der Waals surface area contributed by atoms with Crippen LogP contribution in [0.1, 0.15) is 18.5 Å². The molecular formula is C9H11NO. The lowest BCUT2D eigenvalue weighted by atomic mass is 10.1. The van der Waals surface area contributed by atoms with Crippen molar-refractivity contribution in [3.05, 3.63) is 29.8 Å². The average molecular weight is 149 g/mol. The lowest BCUT2D eigenvalue weighted by molar-refractivity contribution is 0.414. The summed E-state index contributed by atoms with van der Waals surface area (Å²) in [6.07, 6.45) is 0. The van der Waals surface area contributed by atoms with Crippen LogP contribution in [0.5, 0.6) is 5.75 Å². The Kier molecular flexibility index (Phi) is 2.49. The van der Waals surface area contributed by atoms with Gasteiger partial charge in [-0.05, 0) is 24.6 Å². The van der Waals surface area contributed by atoms with Gasteiger partial charge in [0, 0.05) is 0 Å². The minimum absolute atomic E-state index is 0.402. The van der Waals surface area contributed by atoms with Gasteiger partial charge in [-0.1, -0.05) is 12.1 Å². The first kappa shape index (κ1) is 8.08. The number of hydrogen-bond donors (Lipinski definition) is 0. The summed E-state index contributed by atoms with van der Waals surface area (Å²) in [7, 11) is 1.62. The molecule has 2 radical (unpaired) electrons. The third-order valence-electron chi connectivity index (χ3n) is 1.60. The van der Waals surface area contributed by atoms with Crippen molar-refractivity contribution in [1.29, 1.82) is 0 Å². The summed E-state index contributed by atoms with van der Waals surface area (Å²) in [4.78, 5) is 0. The van der Waals surface area contributed by atoms with Gasteiger partial charge in [0.05, 0.1) is 13.2 Å². The van der Waals surface area contributed by atoms with E-state index in [0.717, 1.165) is 11.3 Å². The summed E-state index contributed by atoms with van der Waals surface area (Å²) >= 11 is 0. The zero-order valence-electron chi connectivity index (χ0n) is 6.74. The first-order valence-electron chi connectivity index (χ1n) is 3.56. The largest absolute Gasteiger partial charge is 0.497 e. The van der Waals surface area contributed by atoms with Crippen LogP contribution in [0, 0.1) is 0 Å². The quantitative estimate of drug-likeness (QED) is 0.631. The highest BCUT2D eigenvalue weighted by Crippen LogP contribution is 2.15. The Morgan fingerprint density at radius 1 is 1.27 bits per heavy atom. The van der Waals surface area contributed by atoms with Crippen LogP contribution < -0.4 is 10.5 Å². The van der Waals surface area contributed by atoms with E-state index in [1.807, 2.05) is 24.3 Å². The van der Waals surface area contributed by atoms with Gasteiger partial charge in [0.1, 0.15) is 5.75 Å². The highest BCUT2D eigenvalue weighted by Gasteiger charge is 1.99. The minimum Gasteiger partial charge on any atom is -0.497 e. The Hall–Kier alpha value is -1.02. The van der Waals surface area contributed by atoms with E-state index < -0.39 is 6.04 Å². The average Bonchev–Trinajstić information content (AvgIpc) is 2.05. The molecule has 2 heteroatoms. The highest BCUT2D eigenvalue weighted by atomic mass is 16.5. The van der Waals surface area contributed by atoms with Crippen molar-refractivity contribution >= 4 is 0 Å². The molecule has 1 aromatic rings. The number of ether oxygens (including phenoxy) is 1. The lowest BCUT2D eigenvalue weighted by Crippen LogP contribution is -1.92. The first-order valence-corrected chi connectivity index (χ1v) is 3.56. The molecule has 1 atom stereocenters. The summed E-state index contributed by atoms with van der Waals surface area (Å²) in [5, 5.41) is 0. The van der Waals surface area contributed by atoms with Crippen molar-refractivity contribution in [3.8, 4) is 5.75 Å². The van der Waals surface area contributed by atoms with Gasteiger partial charge in [-0.25, -0.2) is 0 Å². The molecule has 58 valence electrons. The molecule has 0 aliphatic heterocycles. The molecule has 0 saturated heterocycles. The van der Waals surface area contributed by atoms with E-state index in [9.17, 15) is 0 Å². The zero-order valence-corrected chi connectivity index (χ0v) is 6.74. The van der Waals surface area contributed by atoms with Gasteiger partial charge >= 0.3 is 0 Å². The molecule has 0 N–H and O–H groups in total. The van der Waals surface area contributed by atoms with Crippen LogP contribution in [-0.2, 0) is 0 Å². The number of rotatable bonds is 2. The summed E-state index contributed by atoms with van der Waals surface area (Å²) in [5.41, 5.74) is 10.1. The highest BCUT2D eigenvalue weighted by molar-refractivity contribution is 5.28. The third-order valence-corrected chi connectivity index (χ3v) is 1.60. The Morgan fingerprint density at radius 2 is 1.82 bits per heavy atom. The second-order valence-corrected chi connectivity index (χ2v) is 2.45. The SMILES string of the molecule is COc1ccc([C@H](C)[N])cc1. The van der Waals surface area contributed by atoms with E-state index in [0.29, 0.717) is 0 Å². The molecule has 0 bridgehead atoms. The molecule has 0 heterocycles. The van der Waals surface area contributed by atoms with Gasteiger partial charge in [-0.2, -0.15) is 0 Å². The van der Waals surface area contributed by atoms with Crippen LogP contribution in [0.15, 0.2) is 24.3 Å². The van der Waals surface area contributed by atoms with Crippen LogP contribution in [0.3, 0.4) is 0 Å². The van der Waals surface area contributed by atoms with Crippen molar-refractivity contribution < 1.29 is 4.74 Å². The monoisotopic (exact) mass is 149 g/mol. The molecule has 0 aliphatic carbocycles. The van der Waals surface area contributed by atoms with E-state index in [-0.39, 0.29) is 0 Å². The normalized spacial score (nSPS) is 12.6. The van der Waals surface area contributed by atoms with Gasteiger partial charge < -0.3 is 4.74 Å². The second-order valence-electron chi connectivity index (χ2n) is 2.45. The number of benzene rings is 1. The lowest BCUT2D eigenvalue weighted by Gasteiger charge is -2.03. The standard InChI is InChI=1S/C9H11NO/c1-7(10)8-3-5-9(11-2)6-4-8/h3-7H,1-2H3/t7-/m0/s1. The van der Waals surface area contributed by atoms with E-state index in [2.05, 4.69) is 0 Å². The molecule has 0 fully saturated rings. The fourth-order valence-corrected chi connectivity index (χ4v) is 0.882. The Labute approximate surface area is 67.0 Å². The first-order chi connectivity index (χ1) is 5.24. The zero-order chi connectivity index (χ0) is 8.27. The van der Waals surface area contributed by atoms with Crippen LogP contribution in [0.4, 0.5) is 0 Å². The molecule has 0 aromatic heterocycles. The molecule has 0 saturated carbocycles. The molecule has 0 unspecified atom stereocenters. The van der Waals surface area contributed by atoms with E-state index in [1.54, 1.807) is 14.0 Å². The van der Waals surface area contributed by atoms with Crippen molar-refractivity contribution in [1.82, 2.24) is 5.73 Å². The molecule has 0 amide bonds. The van der Waals surface area contributed by atoms with E-state index in [1.165, 1.54) is 0 Å². The molecule has 2 nitrogen and oxygen atoms in total. The van der Waals surface area contributed by atoms with E-state index >= 15 is 0 Å². The molecule has 1 aromatic carbocycles. The fourth-order valence-electron chi connectivity index (χ4n) is 0.882. The topological polar surface area (TPSA) is 31.5 Å². The molecule has 11 heavy (non-hydrogen) atoms. The molecular weight excluding hydrogens is 138 g/mol. The summed E-state index contributed by atoms with van der Waals surface area (Å²) in [5.74, 6) is 0.814. The van der Waals surface area contributed by atoms with Gasteiger partial charge in [0.15, 0.2) is 0 Å². The van der Waals surface area contributed by atoms with Gasteiger partial charge in [-0.3, -0.25) is 0 Å².